The molecule has 2 fully saturated rings. The van der Waals surface area contributed by atoms with Gasteiger partial charge in [0.25, 0.3) is 17.4 Å². The van der Waals surface area contributed by atoms with Gasteiger partial charge in [0.2, 0.25) is 5.88 Å². The summed E-state index contributed by atoms with van der Waals surface area (Å²) in [6.07, 6.45) is 0. The van der Waals surface area contributed by atoms with Crippen molar-refractivity contribution in [2.45, 2.75) is 197 Å². The lowest BCUT2D eigenvalue weighted by atomic mass is 9.93. The van der Waals surface area contributed by atoms with Crippen molar-refractivity contribution < 1.29 is 36.1 Å². The molecule has 0 aliphatic carbocycles. The third kappa shape index (κ3) is 21.9. The summed E-state index contributed by atoms with van der Waals surface area (Å²) in [6.45, 7) is 40.5. The molecule has 23 nitrogen and oxygen atoms in total. The van der Waals surface area contributed by atoms with E-state index in [4.69, 9.17) is 5.11 Å². The lowest BCUT2D eigenvalue weighted by Gasteiger charge is -2.20. The molecular formula is C45H77N11O12S6. The number of carbonyl (C=O) groups excluding carboxylic acids is 2. The molecule has 5 aromatic rings. The molecule has 420 valence electrons. The van der Waals surface area contributed by atoms with Crippen molar-refractivity contribution in [2.24, 2.45) is 0 Å². The molecule has 5 aromatic heterocycles. The van der Waals surface area contributed by atoms with Crippen molar-refractivity contribution in [1.29, 1.82) is 0 Å². The van der Waals surface area contributed by atoms with Crippen LogP contribution >= 0.6 is 45.7 Å². The molecule has 0 saturated carbocycles. The van der Waals surface area contributed by atoms with Crippen LogP contribution in [0.3, 0.4) is 0 Å². The molecule has 7 heterocycles. The van der Waals surface area contributed by atoms with Gasteiger partial charge in [-0.3, -0.25) is 42.8 Å². The van der Waals surface area contributed by atoms with E-state index in [1.54, 1.807) is 46.1 Å². The second-order valence-corrected chi connectivity index (χ2v) is 28.9. The smallest absolute Gasteiger partial charge is 0.438 e. The lowest BCUT2D eigenvalue weighted by Crippen LogP contribution is -2.39. The zero-order valence-corrected chi connectivity index (χ0v) is 51.1. The summed E-state index contributed by atoms with van der Waals surface area (Å²) in [4.78, 5) is 77.6. The fourth-order valence-electron chi connectivity index (χ4n) is 5.50. The number of amides is 2. The van der Waals surface area contributed by atoms with Crippen LogP contribution in [0.5, 0.6) is 5.88 Å². The minimum absolute atomic E-state index is 0.00919. The Hall–Kier alpha value is -4.65. The molecule has 74 heavy (non-hydrogen) atoms. The molecule has 0 aromatic carbocycles. The number of aromatic nitrogens is 7. The molecule has 0 radical (unpaired) electrons. The molecule has 2 aliphatic rings. The number of carbonyl (C=O) groups is 2. The molecule has 0 bridgehead atoms. The highest BCUT2D eigenvalue weighted by Gasteiger charge is 2.43. The van der Waals surface area contributed by atoms with E-state index in [1.807, 2.05) is 51.6 Å². The molecular weight excluding hydrogens is 1080 g/mol. The number of aromatic amines is 4. The van der Waals surface area contributed by atoms with Crippen LogP contribution < -0.4 is 30.5 Å². The fraction of sp³-hybridized carbons (Fsp3) is 0.667. The fourth-order valence-corrected chi connectivity index (χ4v) is 11.7. The van der Waals surface area contributed by atoms with Crippen LogP contribution in [0.15, 0.2) is 40.5 Å². The minimum atomic E-state index is -3.55. The average molecular weight is 1160 g/mol. The first-order valence-corrected chi connectivity index (χ1v) is 29.3. The molecule has 2 unspecified atom stereocenters. The van der Waals surface area contributed by atoms with Crippen molar-refractivity contribution in [1.82, 2.24) is 51.9 Å². The monoisotopic (exact) mass is 1160 g/mol. The van der Waals surface area contributed by atoms with E-state index < -0.39 is 44.2 Å². The first kappa shape index (κ1) is 67.4. The second kappa shape index (κ2) is 26.4. The van der Waals surface area contributed by atoms with Crippen LogP contribution in [-0.4, -0.2) is 100 Å². The maximum Gasteiger partial charge on any atom is 0.438 e. The Morgan fingerprint density at radius 1 is 0.676 bits per heavy atom. The molecule has 2 amide bonds. The topological polar surface area (TPSA) is 336 Å². The van der Waals surface area contributed by atoms with Crippen molar-refractivity contribution >= 4 is 78.0 Å². The first-order chi connectivity index (χ1) is 33.2. The highest BCUT2D eigenvalue weighted by Crippen LogP contribution is 2.28. The number of nitrogens with zero attached hydrogens (tertiary/aromatic N) is 5. The van der Waals surface area contributed by atoms with Crippen molar-refractivity contribution in [3.05, 3.63) is 84.3 Å². The average Bonchev–Trinajstić information content (AvgIpc) is 4.07. The van der Waals surface area contributed by atoms with E-state index in [-0.39, 0.29) is 66.3 Å². The van der Waals surface area contributed by atoms with Crippen molar-refractivity contribution in [3.8, 4) is 5.88 Å². The van der Waals surface area contributed by atoms with Gasteiger partial charge in [0.05, 0.1) is 5.38 Å². The number of rotatable bonds is 2. The molecule has 29 heteroatoms. The van der Waals surface area contributed by atoms with Gasteiger partial charge in [0.15, 0.2) is 5.82 Å². The predicted molar refractivity (Wildman–Crippen MR) is 294 cm³/mol. The van der Waals surface area contributed by atoms with Gasteiger partial charge in [-0.2, -0.15) is 30.2 Å². The number of thiazole rings is 2. The van der Waals surface area contributed by atoms with Gasteiger partial charge in [0, 0.05) is 67.3 Å². The highest BCUT2D eigenvalue weighted by molar-refractivity contribution is 7.88. The number of nitrogens with one attached hydrogen (secondary N) is 6. The highest BCUT2D eigenvalue weighted by atomic mass is 32.2. The third-order valence-corrected chi connectivity index (χ3v) is 16.7. The van der Waals surface area contributed by atoms with Crippen LogP contribution in [0.2, 0.25) is 0 Å². The SMILES string of the molecule is CC(C)(C)c1cc(=O)[nH]s1.CC(C)(C)c1csc(=O)[nH]1.CC(C)(C)c1nc(O)cs1.CC(C)(C)c1noc(=O)[nH]1.CC(C)(C)c1nsc(=O)[nH]1.CC(C)N1C(C)C(=O)NS1(=O)=O.CC1NS(=O)(=O)N(C(C)C)C1=O. The van der Waals surface area contributed by atoms with Gasteiger partial charge in [0.1, 0.15) is 22.9 Å². The van der Waals surface area contributed by atoms with Crippen molar-refractivity contribution in [3.63, 3.8) is 0 Å². The predicted octanol–water partition coefficient (Wildman–Crippen LogP) is 6.32. The Morgan fingerprint density at radius 3 is 1.42 bits per heavy atom. The summed E-state index contributed by atoms with van der Waals surface area (Å²) in [5, 5.41) is 17.0. The summed E-state index contributed by atoms with van der Waals surface area (Å²) in [5.74, 6) is 0.147. The van der Waals surface area contributed by atoms with Gasteiger partial charge in [-0.05, 0) is 47.0 Å². The van der Waals surface area contributed by atoms with E-state index in [0.717, 1.165) is 41.5 Å². The first-order valence-electron chi connectivity index (χ1n) is 23.1. The number of aromatic hydroxyl groups is 1. The van der Waals surface area contributed by atoms with Gasteiger partial charge in [-0.15, -0.1) is 11.3 Å². The third-order valence-electron chi connectivity index (χ3n) is 9.45. The Morgan fingerprint density at radius 2 is 1.23 bits per heavy atom. The van der Waals surface area contributed by atoms with E-state index in [1.165, 1.54) is 41.1 Å². The Labute approximate surface area is 450 Å². The van der Waals surface area contributed by atoms with E-state index in [0.29, 0.717) is 5.82 Å². The number of H-pyrrole nitrogens is 4. The van der Waals surface area contributed by atoms with Gasteiger partial charge in [-0.1, -0.05) is 132 Å². The molecule has 2 atom stereocenters. The Bertz CT molecular complexity index is 2780. The Kier molecular flexibility index (Phi) is 24.0. The molecule has 7 N–H and O–H groups in total. The number of hydrogen-bond acceptors (Lipinski definition) is 19. The van der Waals surface area contributed by atoms with Crippen LogP contribution in [-0.2, 0) is 57.1 Å². The van der Waals surface area contributed by atoms with Crippen molar-refractivity contribution in [2.75, 3.05) is 0 Å². The summed E-state index contributed by atoms with van der Waals surface area (Å²) in [7, 11) is -7.10. The van der Waals surface area contributed by atoms with Crippen LogP contribution in [0.25, 0.3) is 0 Å². The zero-order valence-electron chi connectivity index (χ0n) is 46.2. The second-order valence-electron chi connectivity index (χ2n) is 22.4. The van der Waals surface area contributed by atoms with E-state index in [9.17, 15) is 45.6 Å². The lowest BCUT2D eigenvalue weighted by molar-refractivity contribution is -0.127. The van der Waals surface area contributed by atoms with Gasteiger partial charge in [-0.25, -0.2) is 18.8 Å². The largest absolute Gasteiger partial charge is 0.493 e. The molecule has 7 rings (SSSR count). The summed E-state index contributed by atoms with van der Waals surface area (Å²) < 4.78 is 62.0. The van der Waals surface area contributed by atoms with Crippen LogP contribution in [0.4, 0.5) is 0 Å². The molecule has 2 aliphatic heterocycles. The molecule has 2 saturated heterocycles. The summed E-state index contributed by atoms with van der Waals surface area (Å²) in [5.41, 5.74) is 1.07. The van der Waals surface area contributed by atoms with Crippen LogP contribution in [0.1, 0.15) is 173 Å². The summed E-state index contributed by atoms with van der Waals surface area (Å²) >= 11 is 5.10. The standard InChI is InChI=1S/3C7H11NOS.2C6H12N2O3S.C6H10N2O2.C6H10N2OS/c1-7(2,3)6-8-5(9)4-10-6;1-7(2,3)5-4-10-6(9)8-5;1-7(2,3)5-4-6(9)8-10-5;1-4(2)8-5(3)6(9)7-12(8,10)11;1-4(2)8-6(9)5(3)7-12(8,10)11;2*1-6(2,3)4-7-5(9)10-8-4/h4,9H,1-3H3;2*4H,1-3H3,(H,8,9);4-5H,1-3H3,(H,7,9);4-5,7H,1-3H3;2*1-3H3,(H,7,8,9). The van der Waals surface area contributed by atoms with E-state index >= 15 is 0 Å². The van der Waals surface area contributed by atoms with Gasteiger partial charge >= 0.3 is 35.9 Å². The van der Waals surface area contributed by atoms with Crippen LogP contribution in [0, 0.1) is 0 Å². The normalized spacial score (nSPS) is 17.4. The maximum atomic E-state index is 11.2. The van der Waals surface area contributed by atoms with E-state index in [2.05, 4.69) is 105 Å². The summed E-state index contributed by atoms with van der Waals surface area (Å²) in [6, 6.07) is -0.0682. The zero-order chi connectivity index (χ0) is 57.9. The number of hydrogen-bond donors (Lipinski definition) is 7. The Balaban J connectivity index is 0.000000432. The van der Waals surface area contributed by atoms with Gasteiger partial charge < -0.3 is 10.1 Å². The minimum Gasteiger partial charge on any atom is -0.493 e. The maximum absolute atomic E-state index is 11.2. The molecule has 0 spiro atoms. The quantitative estimate of drug-likeness (QED) is 0.102.